The van der Waals surface area contributed by atoms with Gasteiger partial charge in [-0.25, -0.2) is 4.79 Å². The van der Waals surface area contributed by atoms with Crippen LogP contribution in [0.15, 0.2) is 11.6 Å². The number of aliphatic hydroxyl groups is 9. The van der Waals surface area contributed by atoms with Crippen LogP contribution in [0.2, 0.25) is 0 Å². The number of rotatable bonds is 7. The predicted octanol–water partition coefficient (Wildman–Crippen LogP) is -2.45. The fourth-order valence-electron chi connectivity index (χ4n) is 11.3. The number of hydrogen-bond acceptors (Lipinski definition) is 16. The Kier molecular flexibility index (Phi) is 9.81. The second kappa shape index (κ2) is 13.3. The highest BCUT2D eigenvalue weighted by Crippen LogP contribution is 2.70. The van der Waals surface area contributed by atoms with Crippen LogP contribution >= 0.6 is 0 Å². The fourth-order valence-corrected chi connectivity index (χ4v) is 11.3. The fraction of sp³-hybridized carbons (Fsp3) is 0.886. The molecule has 6 fully saturated rings. The number of aldehydes is 1. The topological polar surface area (TPSA) is 262 Å². The first kappa shape index (κ1) is 37.7. The Morgan fingerprint density at radius 2 is 1.59 bits per heavy atom. The summed E-state index contributed by atoms with van der Waals surface area (Å²) in [6.07, 6.45) is -12.1. The van der Waals surface area contributed by atoms with E-state index in [2.05, 4.69) is 0 Å². The Morgan fingerprint density at radius 1 is 0.882 bits per heavy atom. The molecule has 0 aromatic heterocycles. The zero-order chi connectivity index (χ0) is 36.8. The van der Waals surface area contributed by atoms with Crippen LogP contribution in [0.4, 0.5) is 0 Å². The van der Waals surface area contributed by atoms with E-state index in [9.17, 15) is 55.5 Å². The van der Waals surface area contributed by atoms with Crippen molar-refractivity contribution in [3.05, 3.63) is 11.6 Å². The van der Waals surface area contributed by atoms with E-state index in [1.54, 1.807) is 0 Å². The van der Waals surface area contributed by atoms with Gasteiger partial charge in [-0.2, -0.15) is 0 Å². The van der Waals surface area contributed by atoms with Gasteiger partial charge in [-0.3, -0.25) is 0 Å². The van der Waals surface area contributed by atoms with Gasteiger partial charge in [0, 0.05) is 17.9 Å². The highest BCUT2D eigenvalue weighted by atomic mass is 16.7. The molecule has 7 aliphatic rings. The summed E-state index contributed by atoms with van der Waals surface area (Å²) in [5.41, 5.74) is -4.43. The summed E-state index contributed by atoms with van der Waals surface area (Å²) in [5.74, 6) is -1.64. The zero-order valence-corrected chi connectivity index (χ0v) is 28.8. The number of aliphatic hydroxyl groups excluding tert-OH is 7. The van der Waals surface area contributed by atoms with Crippen LogP contribution in [0, 0.1) is 28.6 Å². The molecule has 19 unspecified atom stereocenters. The second-order valence-electron chi connectivity index (χ2n) is 16.3. The Balaban J connectivity index is 1.04. The lowest BCUT2D eigenvalue weighted by atomic mass is 9.41. The standard InChI is InChI=1S/C35H52O16/c1-15-29(51-31-27(43)25(41)24(40)21(12-36)50-31)26(42)28(44)30(48-15)49-17-3-6-33(14-37)20-10-22(38)32(2)18(16-9-23(39)47-13-16)5-8-35(32,46)19(20)4-7-34(33,45)11-17/h9,14-15,17-22,24-31,36,38,40-46H,3-8,10-13H2,1-2H3. The molecule has 0 bridgehead atoms. The van der Waals surface area contributed by atoms with Crippen molar-refractivity contribution in [1.82, 2.24) is 0 Å². The van der Waals surface area contributed by atoms with Gasteiger partial charge >= 0.3 is 5.97 Å². The van der Waals surface area contributed by atoms with E-state index in [1.807, 2.05) is 6.92 Å². The SMILES string of the molecule is CC1OC(OC2CCC3(C=O)C4CC(O)C5(C)C(C6=CC(=O)OC6)CCC5(O)C4CCC3(O)C2)C(O)C(O)C1OC1OC(CO)C(O)C(O)C1O. The van der Waals surface area contributed by atoms with E-state index in [-0.39, 0.29) is 44.6 Å². The molecule has 3 heterocycles. The number of ether oxygens (including phenoxy) is 5. The van der Waals surface area contributed by atoms with Gasteiger partial charge in [0.1, 0.15) is 55.6 Å². The molecule has 0 amide bonds. The van der Waals surface area contributed by atoms with Gasteiger partial charge in [-0.05, 0) is 75.2 Å². The molecule has 288 valence electrons. The summed E-state index contributed by atoms with van der Waals surface area (Å²) in [6.45, 7) is 2.83. The minimum Gasteiger partial charge on any atom is -0.458 e. The Hall–Kier alpha value is -1.64. The molecule has 19 atom stereocenters. The van der Waals surface area contributed by atoms with Gasteiger partial charge in [0.2, 0.25) is 0 Å². The van der Waals surface area contributed by atoms with Crippen LogP contribution in [-0.2, 0) is 33.3 Å². The first-order valence-electron chi connectivity index (χ1n) is 18.1. The van der Waals surface area contributed by atoms with Crippen LogP contribution in [0.25, 0.3) is 0 Å². The van der Waals surface area contributed by atoms with Crippen molar-refractivity contribution in [2.75, 3.05) is 13.2 Å². The van der Waals surface area contributed by atoms with Crippen molar-refractivity contribution in [1.29, 1.82) is 0 Å². The largest absolute Gasteiger partial charge is 0.458 e. The normalized spacial score (nSPS) is 55.6. The summed E-state index contributed by atoms with van der Waals surface area (Å²) < 4.78 is 28.3. The third kappa shape index (κ3) is 5.51. The van der Waals surface area contributed by atoms with Crippen molar-refractivity contribution in [3.8, 4) is 0 Å². The number of carbonyl (C=O) groups is 2. The van der Waals surface area contributed by atoms with Crippen molar-refractivity contribution < 1.29 is 79.2 Å². The van der Waals surface area contributed by atoms with Crippen LogP contribution in [0.5, 0.6) is 0 Å². The molecule has 0 aromatic rings. The minimum atomic E-state index is -1.73. The van der Waals surface area contributed by atoms with E-state index in [0.29, 0.717) is 19.3 Å². The van der Waals surface area contributed by atoms with Crippen molar-refractivity contribution >= 4 is 12.3 Å². The molecule has 0 radical (unpaired) electrons. The zero-order valence-electron chi connectivity index (χ0n) is 28.8. The molecule has 0 aromatic carbocycles. The van der Waals surface area contributed by atoms with Gasteiger partial charge in [0.05, 0.1) is 41.5 Å². The number of fused-ring (bicyclic) bond motifs is 5. The lowest BCUT2D eigenvalue weighted by molar-refractivity contribution is -0.361. The molecular formula is C35H52O16. The van der Waals surface area contributed by atoms with Gasteiger partial charge < -0.3 is 74.4 Å². The molecular weight excluding hydrogens is 676 g/mol. The predicted molar refractivity (Wildman–Crippen MR) is 169 cm³/mol. The number of carbonyl (C=O) groups excluding carboxylic acids is 2. The first-order valence-corrected chi connectivity index (χ1v) is 18.1. The minimum absolute atomic E-state index is 0.00241. The number of hydrogen-bond donors (Lipinski definition) is 9. The molecule has 7 rings (SSSR count). The highest BCUT2D eigenvalue weighted by Gasteiger charge is 2.74. The maximum absolute atomic E-state index is 13.2. The molecule has 9 N–H and O–H groups in total. The van der Waals surface area contributed by atoms with Crippen molar-refractivity contribution in [2.24, 2.45) is 28.6 Å². The lowest BCUT2D eigenvalue weighted by Crippen LogP contribution is -2.71. The average molecular weight is 729 g/mol. The highest BCUT2D eigenvalue weighted by molar-refractivity contribution is 5.85. The molecule has 0 spiro atoms. The maximum Gasteiger partial charge on any atom is 0.331 e. The summed E-state index contributed by atoms with van der Waals surface area (Å²) in [4.78, 5) is 25.1. The van der Waals surface area contributed by atoms with E-state index >= 15 is 0 Å². The molecule has 4 aliphatic carbocycles. The van der Waals surface area contributed by atoms with Crippen molar-refractivity contribution in [2.45, 2.75) is 150 Å². The Bertz CT molecular complexity index is 1380. The first-order chi connectivity index (χ1) is 24.0. The van der Waals surface area contributed by atoms with Crippen LogP contribution in [0.3, 0.4) is 0 Å². The summed E-state index contributed by atoms with van der Waals surface area (Å²) in [7, 11) is 0. The van der Waals surface area contributed by atoms with Gasteiger partial charge in [0.15, 0.2) is 12.6 Å². The van der Waals surface area contributed by atoms with E-state index in [0.717, 1.165) is 11.9 Å². The monoisotopic (exact) mass is 728 g/mol. The molecule has 51 heavy (non-hydrogen) atoms. The number of esters is 1. The van der Waals surface area contributed by atoms with Gasteiger partial charge in [-0.15, -0.1) is 0 Å². The maximum atomic E-state index is 13.2. The lowest BCUT2D eigenvalue weighted by Gasteiger charge is -2.66. The third-order valence-corrected chi connectivity index (χ3v) is 14.2. The number of cyclic esters (lactones) is 1. The van der Waals surface area contributed by atoms with E-state index < -0.39 is 120 Å². The summed E-state index contributed by atoms with van der Waals surface area (Å²) in [6, 6.07) is 0. The quantitative estimate of drug-likeness (QED) is 0.0748. The van der Waals surface area contributed by atoms with Crippen LogP contribution < -0.4 is 0 Å². The van der Waals surface area contributed by atoms with Crippen LogP contribution in [0.1, 0.15) is 65.2 Å². The van der Waals surface area contributed by atoms with Gasteiger partial charge in [0.25, 0.3) is 0 Å². The molecule has 4 saturated carbocycles. The Labute approximate surface area is 294 Å². The third-order valence-electron chi connectivity index (χ3n) is 14.2. The molecule has 3 aliphatic heterocycles. The Morgan fingerprint density at radius 3 is 2.25 bits per heavy atom. The van der Waals surface area contributed by atoms with Crippen LogP contribution in [-0.4, -0.2) is 156 Å². The second-order valence-corrected chi connectivity index (χ2v) is 16.3. The average Bonchev–Trinajstić information content (AvgIpc) is 3.65. The van der Waals surface area contributed by atoms with Crippen molar-refractivity contribution in [3.63, 3.8) is 0 Å². The summed E-state index contributed by atoms with van der Waals surface area (Å²) in [5, 5.41) is 98.8. The van der Waals surface area contributed by atoms with E-state index in [1.165, 1.54) is 13.0 Å². The summed E-state index contributed by atoms with van der Waals surface area (Å²) >= 11 is 0. The van der Waals surface area contributed by atoms with Gasteiger partial charge in [-0.1, -0.05) is 6.92 Å². The van der Waals surface area contributed by atoms with E-state index in [4.69, 9.17) is 23.7 Å². The molecule has 16 heteroatoms. The molecule has 2 saturated heterocycles. The smallest absolute Gasteiger partial charge is 0.331 e. The molecule has 16 nitrogen and oxygen atoms in total.